The lowest BCUT2D eigenvalue weighted by Gasteiger charge is -2.20. The second kappa shape index (κ2) is 10.1. The third-order valence-corrected chi connectivity index (χ3v) is 4.39. The van der Waals surface area contributed by atoms with E-state index in [1.807, 2.05) is 18.2 Å². The minimum absolute atomic E-state index is 0.233. The molecule has 2 amide bonds. The van der Waals surface area contributed by atoms with E-state index < -0.39 is 6.09 Å². The second-order valence-corrected chi connectivity index (χ2v) is 7.35. The predicted octanol–water partition coefficient (Wildman–Crippen LogP) is 3.63. The summed E-state index contributed by atoms with van der Waals surface area (Å²) in [4.78, 5) is 24.6. The highest BCUT2D eigenvalue weighted by Gasteiger charge is 2.21. The van der Waals surface area contributed by atoms with Gasteiger partial charge in [0.05, 0.1) is 17.2 Å². The van der Waals surface area contributed by atoms with Gasteiger partial charge in [0, 0.05) is 31.4 Å². The number of nitrogens with one attached hydrogen (secondary N) is 2. The van der Waals surface area contributed by atoms with Crippen molar-refractivity contribution >= 4 is 23.6 Å². The Hall–Kier alpha value is -2.54. The average Bonchev–Trinajstić information content (AvgIpc) is 3.01. The molecule has 1 aromatic heterocycles. The van der Waals surface area contributed by atoms with Crippen molar-refractivity contribution in [2.45, 2.75) is 33.2 Å². The first-order valence-electron chi connectivity index (χ1n) is 9.31. The lowest BCUT2D eigenvalue weighted by atomic mass is 10.0. The van der Waals surface area contributed by atoms with Crippen LogP contribution >= 0.6 is 11.6 Å². The lowest BCUT2D eigenvalue weighted by molar-refractivity contribution is 0.0945. The predicted molar refractivity (Wildman–Crippen MR) is 109 cm³/mol. The fraction of sp³-hybridized carbons (Fsp3) is 0.450. The first-order chi connectivity index (χ1) is 13.3. The van der Waals surface area contributed by atoms with E-state index in [4.69, 9.17) is 16.3 Å². The van der Waals surface area contributed by atoms with E-state index in [9.17, 15) is 9.59 Å². The SMILES string of the molecule is CCOC(=O)NC(CNC(=O)c1cn(C)nc1-c1ccccc1Cl)CC(C)C. The van der Waals surface area contributed by atoms with E-state index >= 15 is 0 Å². The van der Waals surface area contributed by atoms with Crippen LogP contribution in [0.15, 0.2) is 30.5 Å². The van der Waals surface area contributed by atoms with E-state index in [2.05, 4.69) is 29.6 Å². The van der Waals surface area contributed by atoms with Gasteiger partial charge in [-0.15, -0.1) is 0 Å². The quantitative estimate of drug-likeness (QED) is 0.700. The number of ether oxygens (including phenoxy) is 1. The zero-order chi connectivity index (χ0) is 20.7. The third-order valence-electron chi connectivity index (χ3n) is 4.06. The van der Waals surface area contributed by atoms with Crippen LogP contribution in [0.3, 0.4) is 0 Å². The number of hydrogen-bond acceptors (Lipinski definition) is 4. The van der Waals surface area contributed by atoms with Crippen LogP contribution in [-0.4, -0.2) is 41.0 Å². The normalized spacial score (nSPS) is 11.9. The monoisotopic (exact) mass is 406 g/mol. The Bertz CT molecular complexity index is 820. The van der Waals surface area contributed by atoms with Gasteiger partial charge in [0.15, 0.2) is 0 Å². The van der Waals surface area contributed by atoms with E-state index in [0.29, 0.717) is 40.8 Å². The minimum atomic E-state index is -0.486. The summed E-state index contributed by atoms with van der Waals surface area (Å²) >= 11 is 6.27. The van der Waals surface area contributed by atoms with Gasteiger partial charge in [-0.2, -0.15) is 5.10 Å². The van der Waals surface area contributed by atoms with Gasteiger partial charge in [-0.1, -0.05) is 43.6 Å². The molecule has 2 aromatic rings. The average molecular weight is 407 g/mol. The molecule has 8 heteroatoms. The summed E-state index contributed by atoms with van der Waals surface area (Å²) in [6.45, 7) is 6.43. The number of carbonyl (C=O) groups excluding carboxylic acids is 2. The Morgan fingerprint density at radius 3 is 2.64 bits per heavy atom. The van der Waals surface area contributed by atoms with Crippen LogP contribution in [0, 0.1) is 5.92 Å². The Morgan fingerprint density at radius 2 is 2.00 bits per heavy atom. The molecule has 0 aliphatic rings. The van der Waals surface area contributed by atoms with E-state index in [-0.39, 0.29) is 18.5 Å². The molecule has 0 saturated heterocycles. The number of halogens is 1. The number of rotatable bonds is 8. The highest BCUT2D eigenvalue weighted by Crippen LogP contribution is 2.28. The molecule has 2 rings (SSSR count). The number of alkyl carbamates (subject to hydrolysis) is 1. The van der Waals surface area contributed by atoms with Gasteiger partial charge in [0.2, 0.25) is 0 Å². The molecule has 152 valence electrons. The molecule has 1 atom stereocenters. The van der Waals surface area contributed by atoms with Crippen LogP contribution in [0.25, 0.3) is 11.3 Å². The molecule has 0 spiro atoms. The number of amides is 2. The van der Waals surface area contributed by atoms with Crippen molar-refractivity contribution in [1.29, 1.82) is 0 Å². The summed E-state index contributed by atoms with van der Waals surface area (Å²) in [5.74, 6) is 0.0725. The fourth-order valence-electron chi connectivity index (χ4n) is 2.92. The molecule has 0 fully saturated rings. The van der Waals surface area contributed by atoms with Crippen LogP contribution in [-0.2, 0) is 11.8 Å². The minimum Gasteiger partial charge on any atom is -0.450 e. The van der Waals surface area contributed by atoms with Gasteiger partial charge >= 0.3 is 6.09 Å². The second-order valence-electron chi connectivity index (χ2n) is 6.95. The first-order valence-corrected chi connectivity index (χ1v) is 9.69. The lowest BCUT2D eigenvalue weighted by Crippen LogP contribution is -2.44. The van der Waals surface area contributed by atoms with Crippen LogP contribution in [0.4, 0.5) is 4.79 Å². The molecular formula is C20H27ClN4O3. The number of carbonyl (C=O) groups is 2. The zero-order valence-corrected chi connectivity index (χ0v) is 17.4. The summed E-state index contributed by atoms with van der Waals surface area (Å²) < 4.78 is 6.53. The van der Waals surface area contributed by atoms with Crippen molar-refractivity contribution < 1.29 is 14.3 Å². The van der Waals surface area contributed by atoms with E-state index in [0.717, 1.165) is 0 Å². The molecule has 0 aliphatic heterocycles. The van der Waals surface area contributed by atoms with Crippen molar-refractivity contribution in [2.24, 2.45) is 13.0 Å². The number of aryl methyl sites for hydroxylation is 1. The largest absolute Gasteiger partial charge is 0.450 e. The fourth-order valence-corrected chi connectivity index (χ4v) is 3.14. The van der Waals surface area contributed by atoms with Crippen molar-refractivity contribution in [3.05, 3.63) is 41.0 Å². The van der Waals surface area contributed by atoms with Gasteiger partial charge in [0.25, 0.3) is 5.91 Å². The topological polar surface area (TPSA) is 85.3 Å². The molecule has 1 aromatic carbocycles. The molecule has 0 aliphatic carbocycles. The summed E-state index contributed by atoms with van der Waals surface area (Å²) in [7, 11) is 1.75. The Morgan fingerprint density at radius 1 is 1.29 bits per heavy atom. The number of aromatic nitrogens is 2. The summed E-state index contributed by atoms with van der Waals surface area (Å²) in [5, 5.41) is 10.6. The molecular weight excluding hydrogens is 380 g/mol. The van der Waals surface area contributed by atoms with Gasteiger partial charge in [-0.25, -0.2) is 4.79 Å². The zero-order valence-electron chi connectivity index (χ0n) is 16.7. The highest BCUT2D eigenvalue weighted by atomic mass is 35.5. The molecule has 0 radical (unpaired) electrons. The molecule has 28 heavy (non-hydrogen) atoms. The summed E-state index contributed by atoms with van der Waals surface area (Å²) in [5.41, 5.74) is 1.64. The summed E-state index contributed by atoms with van der Waals surface area (Å²) in [6, 6.07) is 7.02. The van der Waals surface area contributed by atoms with E-state index in [1.165, 1.54) is 0 Å². The number of nitrogens with zero attached hydrogens (tertiary/aromatic N) is 2. The molecule has 2 N–H and O–H groups in total. The molecule has 0 bridgehead atoms. The highest BCUT2D eigenvalue weighted by molar-refractivity contribution is 6.33. The Balaban J connectivity index is 2.13. The van der Waals surface area contributed by atoms with Gasteiger partial charge in [0.1, 0.15) is 5.69 Å². The Labute approximate surface area is 170 Å². The molecule has 1 heterocycles. The van der Waals surface area contributed by atoms with Crippen molar-refractivity contribution in [2.75, 3.05) is 13.2 Å². The van der Waals surface area contributed by atoms with Crippen LogP contribution in [0.2, 0.25) is 5.02 Å². The Kier molecular flexibility index (Phi) is 7.87. The van der Waals surface area contributed by atoms with Crippen LogP contribution in [0.5, 0.6) is 0 Å². The van der Waals surface area contributed by atoms with Crippen molar-refractivity contribution in [1.82, 2.24) is 20.4 Å². The van der Waals surface area contributed by atoms with Crippen molar-refractivity contribution in [3.8, 4) is 11.3 Å². The third kappa shape index (κ3) is 5.99. The van der Waals surface area contributed by atoms with Crippen molar-refractivity contribution in [3.63, 3.8) is 0 Å². The molecule has 0 saturated carbocycles. The van der Waals surface area contributed by atoms with E-state index in [1.54, 1.807) is 30.9 Å². The van der Waals surface area contributed by atoms with Gasteiger partial charge in [-0.05, 0) is 25.3 Å². The van der Waals surface area contributed by atoms with Crippen LogP contribution < -0.4 is 10.6 Å². The van der Waals surface area contributed by atoms with Gasteiger partial charge < -0.3 is 15.4 Å². The first kappa shape index (κ1) is 21.8. The van der Waals surface area contributed by atoms with Crippen LogP contribution in [0.1, 0.15) is 37.6 Å². The smallest absolute Gasteiger partial charge is 0.407 e. The molecule has 7 nitrogen and oxygen atoms in total. The standard InChI is InChI=1S/C20H27ClN4O3/c1-5-28-20(27)23-14(10-13(2)3)11-22-19(26)16-12-25(4)24-18(16)15-8-6-7-9-17(15)21/h6-9,12-14H,5,10-11H2,1-4H3,(H,22,26)(H,23,27). The molecule has 1 unspecified atom stereocenters. The maximum absolute atomic E-state index is 12.8. The maximum Gasteiger partial charge on any atom is 0.407 e. The number of hydrogen-bond donors (Lipinski definition) is 2. The summed E-state index contributed by atoms with van der Waals surface area (Å²) in [6.07, 6.45) is 1.88. The maximum atomic E-state index is 12.8. The number of benzene rings is 1. The van der Waals surface area contributed by atoms with Gasteiger partial charge in [-0.3, -0.25) is 9.48 Å².